The highest BCUT2D eigenvalue weighted by atomic mass is 31.2. The molecule has 0 atom stereocenters. The van der Waals surface area contributed by atoms with Crippen LogP contribution < -0.4 is 4.52 Å². The zero-order valence-corrected chi connectivity index (χ0v) is 5.89. The number of benzene rings is 1. The van der Waals surface area contributed by atoms with Gasteiger partial charge in [-0.1, -0.05) is 18.2 Å². The molecule has 0 N–H and O–H groups in total. The van der Waals surface area contributed by atoms with Gasteiger partial charge in [-0.2, -0.15) is 0 Å². The quantitative estimate of drug-likeness (QED) is 0.606. The van der Waals surface area contributed by atoms with Crippen molar-refractivity contribution in [3.8, 4) is 5.75 Å². The Labute approximate surface area is 58.7 Å². The molecule has 1 aromatic carbocycles. The summed E-state index contributed by atoms with van der Waals surface area (Å²) < 4.78 is 27.3. The van der Waals surface area contributed by atoms with Gasteiger partial charge in [0, 0.05) is 0 Å². The van der Waals surface area contributed by atoms with Crippen molar-refractivity contribution in [1.82, 2.24) is 0 Å². The van der Waals surface area contributed by atoms with Crippen molar-refractivity contribution in [3.05, 3.63) is 30.3 Å². The normalized spacial score (nSPS) is 9.90. The minimum atomic E-state index is -3.28. The first-order valence-corrected chi connectivity index (χ1v) is 3.68. The van der Waals surface area contributed by atoms with Crippen molar-refractivity contribution in [3.63, 3.8) is 0 Å². The average Bonchev–Trinajstić information content (AvgIpc) is 1.88. The Morgan fingerprint density at radius 2 is 1.70 bits per heavy atom. The van der Waals surface area contributed by atoms with E-state index in [2.05, 4.69) is 4.52 Å². The van der Waals surface area contributed by atoms with Gasteiger partial charge in [0.1, 0.15) is 5.75 Å². The zero-order chi connectivity index (χ0) is 7.40. The molecule has 54 valence electrons. The second-order valence-corrected chi connectivity index (χ2v) is 2.19. The van der Waals surface area contributed by atoms with Gasteiger partial charge >= 0.3 is 8.77 Å². The standard InChI is InChI=1S/C6H5F2OP/c7-10(8)9-6-4-2-1-3-5-6/h1-5H. The van der Waals surface area contributed by atoms with E-state index in [0.717, 1.165) is 0 Å². The number of halogens is 2. The van der Waals surface area contributed by atoms with Crippen molar-refractivity contribution in [2.45, 2.75) is 0 Å². The summed E-state index contributed by atoms with van der Waals surface area (Å²) in [6.45, 7) is 0. The predicted octanol–water partition coefficient (Wildman–Crippen LogP) is 3.23. The Bertz CT molecular complexity index is 190. The Morgan fingerprint density at radius 3 is 2.20 bits per heavy atom. The third-order valence-corrected chi connectivity index (χ3v) is 1.27. The van der Waals surface area contributed by atoms with Gasteiger partial charge in [-0.05, 0) is 12.1 Å². The molecule has 0 saturated heterocycles. The molecule has 0 saturated carbocycles. The van der Waals surface area contributed by atoms with Crippen LogP contribution in [0, 0.1) is 0 Å². The molecule has 0 aliphatic rings. The van der Waals surface area contributed by atoms with Crippen LogP contribution in [0.2, 0.25) is 0 Å². The summed E-state index contributed by atoms with van der Waals surface area (Å²) in [7, 11) is -3.28. The topological polar surface area (TPSA) is 9.23 Å². The molecular weight excluding hydrogens is 157 g/mol. The molecule has 1 nitrogen and oxygen atoms in total. The van der Waals surface area contributed by atoms with Crippen LogP contribution in [0.3, 0.4) is 0 Å². The number of rotatable bonds is 2. The zero-order valence-electron chi connectivity index (χ0n) is 5.00. The molecule has 0 aliphatic heterocycles. The van der Waals surface area contributed by atoms with Crippen LogP contribution in [0.1, 0.15) is 0 Å². The van der Waals surface area contributed by atoms with E-state index >= 15 is 0 Å². The van der Waals surface area contributed by atoms with Crippen LogP contribution in [0.5, 0.6) is 5.75 Å². The van der Waals surface area contributed by atoms with Gasteiger partial charge in [-0.3, -0.25) is 0 Å². The van der Waals surface area contributed by atoms with Gasteiger partial charge < -0.3 is 4.52 Å². The maximum absolute atomic E-state index is 11.6. The molecule has 0 radical (unpaired) electrons. The predicted molar refractivity (Wildman–Crippen MR) is 36.2 cm³/mol. The smallest absolute Gasteiger partial charge is 0.421 e. The second-order valence-electron chi connectivity index (χ2n) is 1.61. The van der Waals surface area contributed by atoms with Gasteiger partial charge in [-0.15, -0.1) is 8.39 Å². The molecule has 0 bridgehead atoms. The highest BCUT2D eigenvalue weighted by Gasteiger charge is 2.05. The van der Waals surface area contributed by atoms with Crippen molar-refractivity contribution in [2.24, 2.45) is 0 Å². The molecule has 0 unspecified atom stereocenters. The van der Waals surface area contributed by atoms with Crippen LogP contribution in [0.4, 0.5) is 8.39 Å². The first-order chi connectivity index (χ1) is 4.79. The maximum atomic E-state index is 11.6. The van der Waals surface area contributed by atoms with E-state index in [4.69, 9.17) is 0 Å². The van der Waals surface area contributed by atoms with Crippen molar-refractivity contribution in [1.29, 1.82) is 0 Å². The SMILES string of the molecule is FP(F)Oc1ccccc1. The molecule has 0 amide bonds. The first kappa shape index (κ1) is 7.42. The Hall–Kier alpha value is -0.690. The molecule has 1 aromatic rings. The average molecular weight is 162 g/mol. The Kier molecular flexibility index (Phi) is 2.57. The van der Waals surface area contributed by atoms with E-state index in [9.17, 15) is 8.39 Å². The van der Waals surface area contributed by atoms with E-state index in [1.54, 1.807) is 18.2 Å². The lowest BCUT2D eigenvalue weighted by atomic mass is 10.3. The summed E-state index contributed by atoms with van der Waals surface area (Å²) in [5.74, 6) is 0.221. The van der Waals surface area contributed by atoms with E-state index < -0.39 is 8.77 Å². The van der Waals surface area contributed by atoms with Crippen molar-refractivity contribution in [2.75, 3.05) is 0 Å². The summed E-state index contributed by atoms with van der Waals surface area (Å²) >= 11 is 0. The van der Waals surface area contributed by atoms with Gasteiger partial charge in [0.15, 0.2) is 0 Å². The van der Waals surface area contributed by atoms with Crippen molar-refractivity contribution < 1.29 is 12.9 Å². The van der Waals surface area contributed by atoms with Crippen LogP contribution in [0.15, 0.2) is 30.3 Å². The van der Waals surface area contributed by atoms with E-state index in [1.807, 2.05) is 0 Å². The summed E-state index contributed by atoms with van der Waals surface area (Å²) in [4.78, 5) is 0. The van der Waals surface area contributed by atoms with Gasteiger partial charge in [0.2, 0.25) is 0 Å². The lowest BCUT2D eigenvalue weighted by molar-refractivity contribution is 0.507. The molecule has 0 heterocycles. The summed E-state index contributed by atoms with van der Waals surface area (Å²) in [6.07, 6.45) is 0. The number of para-hydroxylation sites is 1. The van der Waals surface area contributed by atoms with Crippen LogP contribution in [0.25, 0.3) is 0 Å². The maximum Gasteiger partial charge on any atom is 0.481 e. The Balaban J connectivity index is 2.59. The minimum Gasteiger partial charge on any atom is -0.421 e. The van der Waals surface area contributed by atoms with Crippen LogP contribution in [-0.2, 0) is 0 Å². The monoisotopic (exact) mass is 162 g/mol. The molecule has 4 heteroatoms. The van der Waals surface area contributed by atoms with E-state index in [1.165, 1.54) is 12.1 Å². The molecule has 0 spiro atoms. The van der Waals surface area contributed by atoms with E-state index in [-0.39, 0.29) is 5.75 Å². The fourth-order valence-corrected chi connectivity index (χ4v) is 0.842. The molecule has 0 fully saturated rings. The van der Waals surface area contributed by atoms with Crippen molar-refractivity contribution >= 4 is 8.77 Å². The van der Waals surface area contributed by atoms with Gasteiger partial charge in [-0.25, -0.2) is 0 Å². The van der Waals surface area contributed by atoms with Gasteiger partial charge in [0.25, 0.3) is 0 Å². The molecule has 0 aliphatic carbocycles. The largest absolute Gasteiger partial charge is 0.481 e. The summed E-state index contributed by atoms with van der Waals surface area (Å²) in [5, 5.41) is 0. The van der Waals surface area contributed by atoms with E-state index in [0.29, 0.717) is 0 Å². The third kappa shape index (κ3) is 2.28. The highest BCUT2D eigenvalue weighted by molar-refractivity contribution is 7.41. The summed E-state index contributed by atoms with van der Waals surface area (Å²) in [5.41, 5.74) is 0. The molecular formula is C6H5F2OP. The summed E-state index contributed by atoms with van der Waals surface area (Å²) in [6, 6.07) is 8.02. The molecule has 10 heavy (non-hydrogen) atoms. The molecule has 1 rings (SSSR count). The fraction of sp³-hybridized carbons (Fsp3) is 0. The second kappa shape index (κ2) is 3.47. The third-order valence-electron chi connectivity index (χ3n) is 0.918. The van der Waals surface area contributed by atoms with Crippen LogP contribution >= 0.6 is 8.77 Å². The van der Waals surface area contributed by atoms with Crippen LogP contribution in [-0.4, -0.2) is 0 Å². The number of hydrogen-bond acceptors (Lipinski definition) is 1. The fourth-order valence-electron chi connectivity index (χ4n) is 0.561. The first-order valence-electron chi connectivity index (χ1n) is 2.64. The lowest BCUT2D eigenvalue weighted by Crippen LogP contribution is -1.76. The number of hydrogen-bond donors (Lipinski definition) is 0. The Morgan fingerprint density at radius 1 is 1.10 bits per heavy atom. The minimum absolute atomic E-state index is 0.221. The molecule has 0 aromatic heterocycles. The van der Waals surface area contributed by atoms with Gasteiger partial charge in [0.05, 0.1) is 0 Å². The lowest BCUT2D eigenvalue weighted by Gasteiger charge is -1.99. The highest BCUT2D eigenvalue weighted by Crippen LogP contribution is 2.40.